The number of nitrogens with one attached hydrogen (secondary N) is 2. The number of carbonyl (C=O) groups is 1. The molecular weight excluding hydrogens is 256 g/mol. The van der Waals surface area contributed by atoms with Crippen LogP contribution in [0.3, 0.4) is 0 Å². The topological polar surface area (TPSA) is 81.6 Å². The Morgan fingerprint density at radius 2 is 2.10 bits per heavy atom. The fourth-order valence-corrected chi connectivity index (χ4v) is 2.23. The maximum absolute atomic E-state index is 11.8. The maximum atomic E-state index is 11.8. The summed E-state index contributed by atoms with van der Waals surface area (Å²) in [5.41, 5.74) is 2.33. The number of hydrogen-bond acceptors (Lipinski definition) is 3. The summed E-state index contributed by atoms with van der Waals surface area (Å²) < 4.78 is 0. The molecule has 1 aliphatic rings. The van der Waals surface area contributed by atoms with Crippen molar-refractivity contribution in [3.63, 3.8) is 0 Å². The zero-order valence-electron chi connectivity index (χ0n) is 11.7. The van der Waals surface area contributed by atoms with Crippen LogP contribution in [0.15, 0.2) is 24.3 Å². The normalized spacial score (nSPS) is 17.4. The van der Waals surface area contributed by atoms with Crippen LogP contribution in [0.4, 0.5) is 4.79 Å². The minimum absolute atomic E-state index is 0.0583. The third-order valence-electron chi connectivity index (χ3n) is 3.73. The van der Waals surface area contributed by atoms with Crippen molar-refractivity contribution in [2.45, 2.75) is 37.8 Å². The van der Waals surface area contributed by atoms with Crippen molar-refractivity contribution in [1.29, 1.82) is 0 Å². The number of carbonyl (C=O) groups excluding carboxylic acids is 1. The molecule has 1 unspecified atom stereocenters. The first-order valence-corrected chi connectivity index (χ1v) is 6.94. The molecule has 1 fully saturated rings. The molecule has 0 saturated heterocycles. The number of rotatable bonds is 6. The Morgan fingerprint density at radius 3 is 2.70 bits per heavy atom. The Bertz CT molecular complexity index is 472. The van der Waals surface area contributed by atoms with E-state index in [1.165, 1.54) is 11.1 Å². The van der Waals surface area contributed by atoms with Gasteiger partial charge in [-0.05, 0) is 37.3 Å². The van der Waals surface area contributed by atoms with Crippen molar-refractivity contribution in [2.75, 3.05) is 13.2 Å². The molecule has 1 aromatic rings. The second kappa shape index (κ2) is 6.24. The lowest BCUT2D eigenvalue weighted by Crippen LogP contribution is -2.47. The van der Waals surface area contributed by atoms with Crippen LogP contribution in [0, 0.1) is 6.92 Å². The Hall–Kier alpha value is -1.59. The van der Waals surface area contributed by atoms with Gasteiger partial charge in [-0.3, -0.25) is 0 Å². The summed E-state index contributed by atoms with van der Waals surface area (Å²) >= 11 is 0. The van der Waals surface area contributed by atoms with Crippen molar-refractivity contribution < 1.29 is 15.0 Å². The highest BCUT2D eigenvalue weighted by atomic mass is 16.3. The molecule has 0 heterocycles. The zero-order chi connectivity index (χ0) is 14.6. The quantitative estimate of drug-likeness (QED) is 0.619. The molecule has 1 aromatic carbocycles. The molecule has 1 aliphatic carbocycles. The van der Waals surface area contributed by atoms with Gasteiger partial charge >= 0.3 is 6.03 Å². The van der Waals surface area contributed by atoms with Gasteiger partial charge in [-0.15, -0.1) is 0 Å². The van der Waals surface area contributed by atoms with Gasteiger partial charge in [-0.25, -0.2) is 4.79 Å². The summed E-state index contributed by atoms with van der Waals surface area (Å²) in [6.45, 7) is 1.78. The highest BCUT2D eigenvalue weighted by Gasteiger charge is 2.44. The van der Waals surface area contributed by atoms with E-state index in [0.29, 0.717) is 0 Å². The second-order valence-electron chi connectivity index (χ2n) is 5.56. The van der Waals surface area contributed by atoms with Crippen molar-refractivity contribution in [3.05, 3.63) is 35.4 Å². The van der Waals surface area contributed by atoms with Gasteiger partial charge in [-0.2, -0.15) is 0 Å². The molecule has 2 rings (SSSR count). The predicted molar refractivity (Wildman–Crippen MR) is 76.5 cm³/mol. The lowest BCUT2D eigenvalue weighted by Gasteiger charge is -2.19. The van der Waals surface area contributed by atoms with Gasteiger partial charge in [0.05, 0.1) is 12.7 Å². The summed E-state index contributed by atoms with van der Waals surface area (Å²) in [7, 11) is 0. The van der Waals surface area contributed by atoms with E-state index in [1.54, 1.807) is 0 Å². The number of aliphatic hydroxyl groups excluding tert-OH is 2. The summed E-state index contributed by atoms with van der Waals surface area (Å²) in [6.07, 6.45) is 1.86. The van der Waals surface area contributed by atoms with E-state index in [9.17, 15) is 9.90 Å². The monoisotopic (exact) mass is 278 g/mol. The van der Waals surface area contributed by atoms with E-state index in [-0.39, 0.29) is 24.7 Å². The predicted octanol–water partition coefficient (Wildman–Crippen LogP) is 0.723. The molecule has 1 saturated carbocycles. The Labute approximate surface area is 119 Å². The molecular formula is C15H22N2O3. The number of hydrogen-bond donors (Lipinski definition) is 4. The van der Waals surface area contributed by atoms with Crippen molar-refractivity contribution in [3.8, 4) is 0 Å². The first kappa shape index (κ1) is 14.8. The average molecular weight is 278 g/mol. The van der Waals surface area contributed by atoms with Crippen molar-refractivity contribution in [2.24, 2.45) is 0 Å². The molecule has 0 spiro atoms. The number of aliphatic hydroxyl groups is 2. The van der Waals surface area contributed by atoms with Gasteiger partial charge in [0, 0.05) is 12.1 Å². The molecule has 4 N–H and O–H groups in total. The second-order valence-corrected chi connectivity index (χ2v) is 5.56. The Balaban J connectivity index is 1.86. The first-order chi connectivity index (χ1) is 9.54. The lowest BCUT2D eigenvalue weighted by atomic mass is 10.00. The molecule has 0 aliphatic heterocycles. The minimum Gasteiger partial charge on any atom is -0.394 e. The van der Waals surface area contributed by atoms with Crippen LogP contribution < -0.4 is 10.6 Å². The van der Waals surface area contributed by atoms with Gasteiger partial charge in [0.2, 0.25) is 0 Å². The molecule has 5 nitrogen and oxygen atoms in total. The van der Waals surface area contributed by atoms with Crippen LogP contribution in [-0.2, 0) is 6.42 Å². The summed E-state index contributed by atoms with van der Waals surface area (Å²) in [5, 5.41) is 23.4. The van der Waals surface area contributed by atoms with Crippen LogP contribution in [0.1, 0.15) is 24.0 Å². The number of benzene rings is 1. The Kier molecular flexibility index (Phi) is 4.62. The fourth-order valence-electron chi connectivity index (χ4n) is 2.23. The van der Waals surface area contributed by atoms with E-state index in [4.69, 9.17) is 5.11 Å². The third-order valence-corrected chi connectivity index (χ3v) is 3.73. The van der Waals surface area contributed by atoms with Crippen LogP contribution in [0.25, 0.3) is 0 Å². The minimum atomic E-state index is -0.910. The fraction of sp³-hybridized carbons (Fsp3) is 0.533. The van der Waals surface area contributed by atoms with E-state index < -0.39 is 6.10 Å². The van der Waals surface area contributed by atoms with E-state index >= 15 is 0 Å². The zero-order valence-corrected chi connectivity index (χ0v) is 11.7. The van der Waals surface area contributed by atoms with Gasteiger partial charge in [-0.1, -0.05) is 24.3 Å². The van der Waals surface area contributed by atoms with Crippen molar-refractivity contribution >= 4 is 6.03 Å². The molecule has 5 heteroatoms. The van der Waals surface area contributed by atoms with Crippen LogP contribution in [-0.4, -0.2) is 41.0 Å². The van der Waals surface area contributed by atoms with Crippen LogP contribution >= 0.6 is 0 Å². The molecule has 110 valence electrons. The van der Waals surface area contributed by atoms with Gasteiger partial charge in [0.15, 0.2) is 0 Å². The van der Waals surface area contributed by atoms with Crippen LogP contribution in [0.2, 0.25) is 0 Å². The molecule has 0 aromatic heterocycles. The molecule has 0 bridgehead atoms. The maximum Gasteiger partial charge on any atom is 0.315 e. The molecule has 1 atom stereocenters. The lowest BCUT2D eigenvalue weighted by molar-refractivity contribution is 0.0958. The van der Waals surface area contributed by atoms with Crippen molar-refractivity contribution in [1.82, 2.24) is 10.6 Å². The molecule has 2 amide bonds. The first-order valence-electron chi connectivity index (χ1n) is 6.94. The highest BCUT2D eigenvalue weighted by molar-refractivity contribution is 5.75. The van der Waals surface area contributed by atoms with Gasteiger partial charge in [0.25, 0.3) is 0 Å². The van der Waals surface area contributed by atoms with Gasteiger partial charge in [0.1, 0.15) is 0 Å². The smallest absolute Gasteiger partial charge is 0.315 e. The van der Waals surface area contributed by atoms with Crippen LogP contribution in [0.5, 0.6) is 0 Å². The number of amides is 2. The number of aryl methyl sites for hydroxylation is 1. The van der Waals surface area contributed by atoms with Gasteiger partial charge < -0.3 is 20.8 Å². The molecule has 0 radical (unpaired) electrons. The Morgan fingerprint density at radius 1 is 1.40 bits per heavy atom. The number of urea groups is 1. The van der Waals surface area contributed by atoms with E-state index in [1.807, 2.05) is 12.1 Å². The summed E-state index contributed by atoms with van der Waals surface area (Å²) in [6, 6.07) is 7.89. The van der Waals surface area contributed by atoms with E-state index in [2.05, 4.69) is 29.7 Å². The molecule has 20 heavy (non-hydrogen) atoms. The standard InChI is InChI=1S/C15H22N2O3/c1-11-4-2-3-5-12(11)8-15(6-7-15)17-14(20)16-9-13(19)10-18/h2-5,13,18-19H,6-10H2,1H3,(H2,16,17,20). The summed E-state index contributed by atoms with van der Waals surface area (Å²) in [5.74, 6) is 0. The third kappa shape index (κ3) is 3.95. The average Bonchev–Trinajstić information content (AvgIpc) is 3.18. The van der Waals surface area contributed by atoms with E-state index in [0.717, 1.165) is 19.3 Å². The summed E-state index contributed by atoms with van der Waals surface area (Å²) in [4.78, 5) is 11.8. The largest absolute Gasteiger partial charge is 0.394 e. The highest BCUT2D eigenvalue weighted by Crippen LogP contribution is 2.39. The SMILES string of the molecule is Cc1ccccc1CC1(NC(=O)NCC(O)CO)CC1.